The molecule has 1 N–H and O–H groups in total. The smallest absolute Gasteiger partial charge is 0.120 e. The normalized spacial score (nSPS) is 13.2. The second kappa shape index (κ2) is 8.18. The Labute approximate surface area is 117 Å². The summed E-state index contributed by atoms with van der Waals surface area (Å²) in [7, 11) is 4.20. The first-order valence-electron chi connectivity index (χ1n) is 7.26. The third kappa shape index (κ3) is 4.84. The molecule has 0 fully saturated rings. The molecular formula is C16H28N2O. The number of phenolic OH excluding ortho intramolecular Hbond substituents is 1. The molecule has 1 aromatic carbocycles. The fourth-order valence-corrected chi connectivity index (χ4v) is 2.48. The Morgan fingerprint density at radius 1 is 1.05 bits per heavy atom. The summed E-state index contributed by atoms with van der Waals surface area (Å²) in [6, 6.07) is 8.03. The predicted octanol–water partition coefficient (Wildman–Crippen LogP) is 3.12. The van der Waals surface area contributed by atoms with E-state index in [0.29, 0.717) is 11.8 Å². The standard InChI is InChI=1S/C16H28N2O/c1-5-11-18(13-12-17(3)4)15(6-2)14-9-7-8-10-16(14)19/h7-10,15,19H,5-6,11-13H2,1-4H3. The molecule has 1 aromatic rings. The summed E-state index contributed by atoms with van der Waals surface area (Å²) in [6.45, 7) is 7.55. The van der Waals surface area contributed by atoms with Crippen molar-refractivity contribution in [3.05, 3.63) is 29.8 Å². The Morgan fingerprint density at radius 3 is 2.26 bits per heavy atom. The van der Waals surface area contributed by atoms with Gasteiger partial charge in [0.2, 0.25) is 0 Å². The van der Waals surface area contributed by atoms with Gasteiger partial charge in [0.1, 0.15) is 5.75 Å². The molecule has 0 aromatic heterocycles. The molecular weight excluding hydrogens is 236 g/mol. The summed E-state index contributed by atoms with van der Waals surface area (Å²) >= 11 is 0. The highest BCUT2D eigenvalue weighted by atomic mass is 16.3. The molecule has 0 spiro atoms. The Morgan fingerprint density at radius 2 is 1.74 bits per heavy atom. The lowest BCUT2D eigenvalue weighted by molar-refractivity contribution is 0.172. The highest BCUT2D eigenvalue weighted by Crippen LogP contribution is 2.30. The van der Waals surface area contributed by atoms with Gasteiger partial charge in [-0.05, 0) is 39.5 Å². The minimum atomic E-state index is 0.307. The van der Waals surface area contributed by atoms with Gasteiger partial charge in [-0.15, -0.1) is 0 Å². The van der Waals surface area contributed by atoms with Crippen molar-refractivity contribution in [2.45, 2.75) is 32.7 Å². The Bertz CT molecular complexity index is 366. The molecule has 0 bridgehead atoms. The Kier molecular flexibility index (Phi) is 6.89. The van der Waals surface area contributed by atoms with Gasteiger partial charge in [-0.25, -0.2) is 0 Å². The fourth-order valence-electron chi connectivity index (χ4n) is 2.48. The van der Waals surface area contributed by atoms with Gasteiger partial charge < -0.3 is 10.0 Å². The van der Waals surface area contributed by atoms with Gasteiger partial charge in [0.15, 0.2) is 0 Å². The first kappa shape index (κ1) is 16.0. The van der Waals surface area contributed by atoms with Gasteiger partial charge in [-0.2, -0.15) is 0 Å². The molecule has 19 heavy (non-hydrogen) atoms. The van der Waals surface area contributed by atoms with Crippen LogP contribution in [0, 0.1) is 0 Å². The van der Waals surface area contributed by atoms with E-state index < -0.39 is 0 Å². The summed E-state index contributed by atoms with van der Waals surface area (Å²) < 4.78 is 0. The molecule has 1 atom stereocenters. The number of para-hydroxylation sites is 1. The minimum absolute atomic E-state index is 0.307. The van der Waals surface area contributed by atoms with Crippen LogP contribution in [-0.2, 0) is 0 Å². The lowest BCUT2D eigenvalue weighted by Crippen LogP contribution is -2.35. The number of phenols is 1. The van der Waals surface area contributed by atoms with Crippen molar-refractivity contribution in [2.24, 2.45) is 0 Å². The molecule has 3 nitrogen and oxygen atoms in total. The lowest BCUT2D eigenvalue weighted by atomic mass is 10.0. The lowest BCUT2D eigenvalue weighted by Gasteiger charge is -2.32. The SMILES string of the molecule is CCCN(CCN(C)C)C(CC)c1ccccc1O. The van der Waals surface area contributed by atoms with Crippen molar-refractivity contribution in [1.29, 1.82) is 0 Å². The van der Waals surface area contributed by atoms with E-state index in [1.54, 1.807) is 6.07 Å². The largest absolute Gasteiger partial charge is 0.508 e. The molecule has 1 unspecified atom stereocenters. The van der Waals surface area contributed by atoms with Gasteiger partial charge >= 0.3 is 0 Å². The molecule has 0 saturated carbocycles. The number of nitrogens with zero attached hydrogens (tertiary/aromatic N) is 2. The van der Waals surface area contributed by atoms with Crippen molar-refractivity contribution in [3.63, 3.8) is 0 Å². The summed E-state index contributed by atoms with van der Waals surface area (Å²) in [5, 5.41) is 10.1. The minimum Gasteiger partial charge on any atom is -0.508 e. The first-order chi connectivity index (χ1) is 9.10. The third-order valence-corrected chi connectivity index (χ3v) is 3.47. The Balaban J connectivity index is 2.86. The molecule has 1 rings (SSSR count). The maximum atomic E-state index is 10.1. The van der Waals surface area contributed by atoms with Crippen LogP contribution in [0.1, 0.15) is 38.3 Å². The van der Waals surface area contributed by atoms with Crippen LogP contribution in [0.15, 0.2) is 24.3 Å². The van der Waals surface area contributed by atoms with Crippen LogP contribution >= 0.6 is 0 Å². The zero-order chi connectivity index (χ0) is 14.3. The van der Waals surface area contributed by atoms with E-state index in [2.05, 4.69) is 37.7 Å². The number of benzene rings is 1. The van der Waals surface area contributed by atoms with Crippen LogP contribution in [-0.4, -0.2) is 48.6 Å². The van der Waals surface area contributed by atoms with Crippen molar-refractivity contribution in [3.8, 4) is 5.75 Å². The zero-order valence-electron chi connectivity index (χ0n) is 12.8. The number of hydrogen-bond donors (Lipinski definition) is 1. The predicted molar refractivity (Wildman–Crippen MR) is 81.6 cm³/mol. The van der Waals surface area contributed by atoms with Gasteiger partial charge in [0, 0.05) is 24.7 Å². The topological polar surface area (TPSA) is 26.7 Å². The van der Waals surface area contributed by atoms with E-state index >= 15 is 0 Å². The van der Waals surface area contributed by atoms with E-state index in [0.717, 1.165) is 38.0 Å². The Hall–Kier alpha value is -1.06. The molecule has 0 radical (unpaired) electrons. The molecule has 108 valence electrons. The number of likely N-dealkylation sites (N-methyl/N-ethyl adjacent to an activating group) is 1. The van der Waals surface area contributed by atoms with E-state index in [1.165, 1.54) is 0 Å². The molecule has 0 aliphatic heterocycles. The van der Waals surface area contributed by atoms with Crippen LogP contribution in [0.2, 0.25) is 0 Å². The summed E-state index contributed by atoms with van der Waals surface area (Å²) in [5.74, 6) is 0.417. The van der Waals surface area contributed by atoms with Crippen LogP contribution in [0.25, 0.3) is 0 Å². The van der Waals surface area contributed by atoms with E-state index in [9.17, 15) is 5.11 Å². The average Bonchev–Trinajstić information content (AvgIpc) is 2.38. The monoisotopic (exact) mass is 264 g/mol. The second-order valence-corrected chi connectivity index (χ2v) is 5.32. The van der Waals surface area contributed by atoms with Crippen LogP contribution in [0.5, 0.6) is 5.75 Å². The molecule has 0 aliphatic carbocycles. The van der Waals surface area contributed by atoms with E-state index in [-0.39, 0.29) is 0 Å². The van der Waals surface area contributed by atoms with Crippen LogP contribution in [0.3, 0.4) is 0 Å². The van der Waals surface area contributed by atoms with Gasteiger partial charge in [0.25, 0.3) is 0 Å². The van der Waals surface area contributed by atoms with Gasteiger partial charge in [-0.1, -0.05) is 32.0 Å². The quantitative estimate of drug-likeness (QED) is 0.781. The number of aromatic hydroxyl groups is 1. The zero-order valence-corrected chi connectivity index (χ0v) is 12.8. The third-order valence-electron chi connectivity index (χ3n) is 3.47. The van der Waals surface area contributed by atoms with Crippen LogP contribution < -0.4 is 0 Å². The van der Waals surface area contributed by atoms with Crippen molar-refractivity contribution in [1.82, 2.24) is 9.80 Å². The number of hydrogen-bond acceptors (Lipinski definition) is 3. The van der Waals surface area contributed by atoms with Gasteiger partial charge in [0.05, 0.1) is 0 Å². The second-order valence-electron chi connectivity index (χ2n) is 5.32. The molecule has 3 heteroatoms. The van der Waals surface area contributed by atoms with Crippen molar-refractivity contribution < 1.29 is 5.11 Å². The molecule has 0 aliphatic rings. The van der Waals surface area contributed by atoms with Gasteiger partial charge in [-0.3, -0.25) is 4.90 Å². The van der Waals surface area contributed by atoms with Crippen molar-refractivity contribution in [2.75, 3.05) is 33.7 Å². The van der Waals surface area contributed by atoms with E-state index in [1.807, 2.05) is 18.2 Å². The van der Waals surface area contributed by atoms with Crippen molar-refractivity contribution >= 4 is 0 Å². The number of rotatable bonds is 8. The summed E-state index contributed by atoms with van der Waals surface area (Å²) in [6.07, 6.45) is 2.16. The maximum absolute atomic E-state index is 10.1. The highest BCUT2D eigenvalue weighted by Gasteiger charge is 2.20. The first-order valence-corrected chi connectivity index (χ1v) is 7.26. The summed E-state index contributed by atoms with van der Waals surface area (Å²) in [5.41, 5.74) is 1.05. The molecule has 0 heterocycles. The fraction of sp³-hybridized carbons (Fsp3) is 0.625. The van der Waals surface area contributed by atoms with Crippen LogP contribution in [0.4, 0.5) is 0 Å². The maximum Gasteiger partial charge on any atom is 0.120 e. The van der Waals surface area contributed by atoms with E-state index in [4.69, 9.17) is 0 Å². The average molecular weight is 264 g/mol. The molecule has 0 amide bonds. The molecule has 0 saturated heterocycles. The summed E-state index contributed by atoms with van der Waals surface area (Å²) in [4.78, 5) is 4.69. The highest BCUT2D eigenvalue weighted by molar-refractivity contribution is 5.34.